The summed E-state index contributed by atoms with van der Waals surface area (Å²) in [5.74, 6) is -0.327. The average molecular weight is 244 g/mol. The lowest BCUT2D eigenvalue weighted by atomic mass is 10.1. The molecule has 0 bridgehead atoms. The van der Waals surface area contributed by atoms with Crippen molar-refractivity contribution in [2.75, 3.05) is 31.1 Å². The number of nitrogens with zero attached hydrogens (tertiary/aromatic N) is 1. The summed E-state index contributed by atoms with van der Waals surface area (Å²) < 4.78 is 13.4. The molecule has 0 radical (unpaired) electrons. The molecule has 88 valence electrons. The van der Waals surface area contributed by atoms with Gasteiger partial charge in [-0.3, -0.25) is 0 Å². The molecule has 1 aromatic carbocycles. The molecule has 1 fully saturated rings. The maximum absolute atomic E-state index is 13.4. The van der Waals surface area contributed by atoms with Crippen molar-refractivity contribution in [1.82, 2.24) is 5.32 Å². The van der Waals surface area contributed by atoms with E-state index in [1.165, 1.54) is 6.07 Å². The minimum Gasteiger partial charge on any atom is -0.368 e. The molecular formula is C11H15ClFN3. The van der Waals surface area contributed by atoms with E-state index in [0.29, 0.717) is 10.6 Å². The average Bonchev–Trinajstić information content (AvgIpc) is 2.31. The van der Waals surface area contributed by atoms with Crippen molar-refractivity contribution in [3.8, 4) is 0 Å². The molecule has 0 saturated carbocycles. The number of piperazine rings is 1. The smallest absolute Gasteiger partial charge is 0.129 e. The number of hydrogen-bond acceptors (Lipinski definition) is 3. The van der Waals surface area contributed by atoms with Gasteiger partial charge in [-0.2, -0.15) is 0 Å². The molecule has 3 nitrogen and oxygen atoms in total. The SMILES string of the molecule is NCc1c(F)ccc(N2CCNCC2)c1Cl. The molecule has 0 unspecified atom stereocenters. The van der Waals surface area contributed by atoms with Gasteiger partial charge in [-0.1, -0.05) is 11.6 Å². The Morgan fingerprint density at radius 3 is 2.69 bits per heavy atom. The molecule has 16 heavy (non-hydrogen) atoms. The summed E-state index contributed by atoms with van der Waals surface area (Å²) in [5, 5.41) is 3.71. The minimum absolute atomic E-state index is 0.130. The van der Waals surface area contributed by atoms with E-state index in [9.17, 15) is 4.39 Å². The van der Waals surface area contributed by atoms with Gasteiger partial charge >= 0.3 is 0 Å². The molecule has 1 heterocycles. The van der Waals surface area contributed by atoms with Crippen LogP contribution in [0.4, 0.5) is 10.1 Å². The van der Waals surface area contributed by atoms with Crippen LogP contribution in [0.1, 0.15) is 5.56 Å². The number of halogens is 2. The second kappa shape index (κ2) is 4.99. The summed E-state index contributed by atoms with van der Waals surface area (Å²) in [4.78, 5) is 2.15. The van der Waals surface area contributed by atoms with Gasteiger partial charge in [0.25, 0.3) is 0 Å². The standard InChI is InChI=1S/C11H15ClFN3/c12-11-8(7-14)9(13)1-2-10(11)16-5-3-15-4-6-16/h1-2,15H,3-7,14H2. The first-order valence-corrected chi connectivity index (χ1v) is 5.74. The Bertz CT molecular complexity index is 378. The van der Waals surface area contributed by atoms with E-state index < -0.39 is 0 Å². The van der Waals surface area contributed by atoms with Crippen LogP contribution in [-0.2, 0) is 6.54 Å². The molecule has 0 amide bonds. The summed E-state index contributed by atoms with van der Waals surface area (Å²) in [7, 11) is 0. The highest BCUT2D eigenvalue weighted by atomic mass is 35.5. The maximum Gasteiger partial charge on any atom is 0.129 e. The van der Waals surface area contributed by atoms with E-state index in [4.69, 9.17) is 17.3 Å². The molecule has 0 spiro atoms. The van der Waals surface area contributed by atoms with Crippen LogP contribution in [0, 0.1) is 5.82 Å². The Morgan fingerprint density at radius 2 is 2.06 bits per heavy atom. The van der Waals surface area contributed by atoms with Crippen molar-refractivity contribution < 1.29 is 4.39 Å². The van der Waals surface area contributed by atoms with Crippen molar-refractivity contribution in [3.63, 3.8) is 0 Å². The van der Waals surface area contributed by atoms with E-state index in [-0.39, 0.29) is 12.4 Å². The van der Waals surface area contributed by atoms with Gasteiger partial charge in [-0.25, -0.2) is 4.39 Å². The first-order chi connectivity index (χ1) is 7.74. The van der Waals surface area contributed by atoms with Crippen LogP contribution in [0.5, 0.6) is 0 Å². The van der Waals surface area contributed by atoms with Gasteiger partial charge in [-0.05, 0) is 12.1 Å². The Hall–Kier alpha value is -0.840. The van der Waals surface area contributed by atoms with Crippen molar-refractivity contribution in [2.45, 2.75) is 6.54 Å². The summed E-state index contributed by atoms with van der Waals surface area (Å²) in [6.45, 7) is 3.74. The molecule has 1 aliphatic rings. The van der Waals surface area contributed by atoms with Gasteiger partial charge in [0.05, 0.1) is 10.7 Å². The molecular weight excluding hydrogens is 229 g/mol. The molecule has 0 atom stereocenters. The molecule has 0 aliphatic carbocycles. The number of rotatable bonds is 2. The zero-order valence-electron chi connectivity index (χ0n) is 8.97. The zero-order chi connectivity index (χ0) is 11.5. The van der Waals surface area contributed by atoms with Gasteiger partial charge in [-0.15, -0.1) is 0 Å². The molecule has 2 rings (SSSR count). The molecule has 5 heteroatoms. The summed E-state index contributed by atoms with van der Waals surface area (Å²) >= 11 is 6.17. The zero-order valence-corrected chi connectivity index (χ0v) is 9.73. The Morgan fingerprint density at radius 1 is 1.38 bits per heavy atom. The van der Waals surface area contributed by atoms with Crippen molar-refractivity contribution >= 4 is 17.3 Å². The topological polar surface area (TPSA) is 41.3 Å². The number of nitrogens with two attached hydrogens (primary N) is 1. The van der Waals surface area contributed by atoms with Crippen LogP contribution in [0.25, 0.3) is 0 Å². The van der Waals surface area contributed by atoms with Crippen LogP contribution in [-0.4, -0.2) is 26.2 Å². The third-order valence-electron chi connectivity index (χ3n) is 2.83. The fourth-order valence-corrected chi connectivity index (χ4v) is 2.27. The van der Waals surface area contributed by atoms with Crippen LogP contribution in [0.3, 0.4) is 0 Å². The van der Waals surface area contributed by atoms with Crippen LogP contribution in [0.15, 0.2) is 12.1 Å². The van der Waals surface area contributed by atoms with Crippen LogP contribution >= 0.6 is 11.6 Å². The van der Waals surface area contributed by atoms with Gasteiger partial charge < -0.3 is 16.0 Å². The van der Waals surface area contributed by atoms with Crippen LogP contribution in [0.2, 0.25) is 5.02 Å². The van der Waals surface area contributed by atoms with Gasteiger partial charge in [0.1, 0.15) is 5.82 Å². The number of benzene rings is 1. The lowest BCUT2D eigenvalue weighted by Crippen LogP contribution is -2.43. The quantitative estimate of drug-likeness (QED) is 0.824. The second-order valence-corrected chi connectivity index (χ2v) is 4.18. The van der Waals surface area contributed by atoms with Crippen molar-refractivity contribution in [1.29, 1.82) is 0 Å². The third-order valence-corrected chi connectivity index (χ3v) is 3.25. The first kappa shape index (κ1) is 11.6. The van der Waals surface area contributed by atoms with Crippen molar-refractivity contribution in [2.24, 2.45) is 5.73 Å². The number of nitrogens with one attached hydrogen (secondary N) is 1. The fraction of sp³-hybridized carbons (Fsp3) is 0.455. The van der Waals surface area contributed by atoms with Crippen LogP contribution < -0.4 is 16.0 Å². The van der Waals surface area contributed by atoms with Gasteiger partial charge in [0.2, 0.25) is 0 Å². The highest BCUT2D eigenvalue weighted by Gasteiger charge is 2.17. The monoisotopic (exact) mass is 243 g/mol. The largest absolute Gasteiger partial charge is 0.368 e. The lowest BCUT2D eigenvalue weighted by molar-refractivity contribution is 0.585. The van der Waals surface area contributed by atoms with Gasteiger partial charge in [0.15, 0.2) is 0 Å². The number of hydrogen-bond donors (Lipinski definition) is 2. The summed E-state index contributed by atoms with van der Waals surface area (Å²) in [6.07, 6.45) is 0. The minimum atomic E-state index is -0.327. The first-order valence-electron chi connectivity index (χ1n) is 5.36. The Kier molecular flexibility index (Phi) is 3.63. The predicted octanol–water partition coefficient (Wildman–Crippen LogP) is 1.35. The lowest BCUT2D eigenvalue weighted by Gasteiger charge is -2.30. The highest BCUT2D eigenvalue weighted by molar-refractivity contribution is 6.34. The maximum atomic E-state index is 13.4. The second-order valence-electron chi connectivity index (χ2n) is 3.80. The molecule has 1 saturated heterocycles. The normalized spacial score (nSPS) is 16.6. The van der Waals surface area contributed by atoms with E-state index >= 15 is 0 Å². The summed E-state index contributed by atoms with van der Waals surface area (Å²) in [6, 6.07) is 3.16. The number of anilines is 1. The third kappa shape index (κ3) is 2.14. The Balaban J connectivity index is 2.33. The highest BCUT2D eigenvalue weighted by Crippen LogP contribution is 2.31. The molecule has 3 N–H and O–H groups in total. The van der Waals surface area contributed by atoms with E-state index in [0.717, 1.165) is 31.9 Å². The molecule has 1 aromatic rings. The predicted molar refractivity (Wildman–Crippen MR) is 64.4 cm³/mol. The van der Waals surface area contributed by atoms with Gasteiger partial charge in [0, 0.05) is 38.3 Å². The summed E-state index contributed by atoms with van der Waals surface area (Å²) in [5.41, 5.74) is 6.77. The van der Waals surface area contributed by atoms with E-state index in [1.807, 2.05) is 0 Å². The van der Waals surface area contributed by atoms with Crippen molar-refractivity contribution in [3.05, 3.63) is 28.5 Å². The van der Waals surface area contributed by atoms with E-state index in [2.05, 4.69) is 10.2 Å². The van der Waals surface area contributed by atoms with E-state index in [1.54, 1.807) is 6.07 Å². The Labute approximate surface area is 99.4 Å². The molecule has 1 aliphatic heterocycles. The molecule has 0 aromatic heterocycles. The fourth-order valence-electron chi connectivity index (χ4n) is 1.92.